The van der Waals surface area contributed by atoms with Gasteiger partial charge in [0.15, 0.2) is 0 Å². The molecular weight excluding hydrogens is 288 g/mol. The van der Waals surface area contributed by atoms with Crippen LogP contribution in [-0.4, -0.2) is 31.5 Å². The summed E-state index contributed by atoms with van der Waals surface area (Å²) >= 11 is 0. The average Bonchev–Trinajstić information content (AvgIpc) is 2.61. The molecule has 6 heteroatoms. The number of nitrogens with zero attached hydrogens (tertiary/aromatic N) is 1. The van der Waals surface area contributed by atoms with E-state index in [0.717, 1.165) is 16.7 Å². The van der Waals surface area contributed by atoms with E-state index in [0.29, 0.717) is 13.1 Å². The third kappa shape index (κ3) is 4.04. The lowest BCUT2D eigenvalue weighted by molar-refractivity contribution is -0.128. The van der Waals surface area contributed by atoms with Crippen molar-refractivity contribution in [1.29, 1.82) is 0 Å². The number of hydrogen-bond donors (Lipinski definition) is 1. The molecule has 1 aliphatic rings. The van der Waals surface area contributed by atoms with Crippen LogP contribution in [0, 0.1) is 26.7 Å². The van der Waals surface area contributed by atoms with Crippen LogP contribution in [0.3, 0.4) is 0 Å². The van der Waals surface area contributed by atoms with Gasteiger partial charge in [-0.3, -0.25) is 4.79 Å². The smallest absolute Gasteiger partial charge is 0.223 e. The Balaban J connectivity index is 2.13. The van der Waals surface area contributed by atoms with E-state index < -0.39 is 10.0 Å². The maximum absolute atomic E-state index is 12.1. The van der Waals surface area contributed by atoms with Crippen molar-refractivity contribution in [2.24, 2.45) is 11.1 Å². The van der Waals surface area contributed by atoms with Crippen LogP contribution in [0.2, 0.25) is 0 Å². The summed E-state index contributed by atoms with van der Waals surface area (Å²) in [5.74, 6) is -0.317. The number of hydrogen-bond acceptors (Lipinski definition) is 3. The Morgan fingerprint density at radius 3 is 2.33 bits per heavy atom. The molecule has 2 rings (SSSR count). The van der Waals surface area contributed by atoms with Gasteiger partial charge < -0.3 is 4.90 Å². The Morgan fingerprint density at radius 2 is 1.81 bits per heavy atom. The number of amides is 1. The number of nitrogens with two attached hydrogens (primary N) is 1. The molecule has 0 saturated carbocycles. The number of benzene rings is 1. The van der Waals surface area contributed by atoms with Gasteiger partial charge in [0.25, 0.3) is 0 Å². The van der Waals surface area contributed by atoms with Gasteiger partial charge in [0.05, 0.1) is 5.75 Å². The minimum atomic E-state index is -3.53. The second kappa shape index (κ2) is 5.77. The van der Waals surface area contributed by atoms with Crippen LogP contribution in [-0.2, 0) is 21.4 Å². The fraction of sp³-hybridized carbons (Fsp3) is 0.533. The van der Waals surface area contributed by atoms with E-state index in [9.17, 15) is 13.2 Å². The molecule has 1 fully saturated rings. The number of carbonyl (C=O) groups excluding carboxylic acids is 1. The molecule has 0 bridgehead atoms. The van der Waals surface area contributed by atoms with Crippen molar-refractivity contribution in [2.75, 3.05) is 12.3 Å². The molecule has 0 aliphatic carbocycles. The van der Waals surface area contributed by atoms with Crippen molar-refractivity contribution >= 4 is 15.9 Å². The number of aryl methyl sites for hydroxylation is 3. The number of likely N-dealkylation sites (tertiary alicyclic amines) is 1. The molecule has 5 nitrogen and oxygen atoms in total. The molecule has 1 saturated heterocycles. The first-order valence-corrected chi connectivity index (χ1v) is 8.72. The van der Waals surface area contributed by atoms with Gasteiger partial charge in [0.2, 0.25) is 15.9 Å². The molecule has 1 aromatic carbocycles. The molecular formula is C15H22N2O3S. The molecule has 1 unspecified atom stereocenters. The van der Waals surface area contributed by atoms with E-state index in [2.05, 4.69) is 12.1 Å². The standard InChI is InChI=1S/C15H22N2O3S/c1-10-4-11(2)14(12(3)5-10)8-17-7-13(6-15(17)18)9-21(16,19)20/h4-5,13H,6-9H2,1-3H3,(H2,16,19,20). The zero-order valence-electron chi connectivity index (χ0n) is 12.7. The van der Waals surface area contributed by atoms with Crippen molar-refractivity contribution < 1.29 is 13.2 Å². The van der Waals surface area contributed by atoms with E-state index in [1.165, 1.54) is 5.56 Å². The Kier molecular flexibility index (Phi) is 4.39. The van der Waals surface area contributed by atoms with Crippen LogP contribution in [0.15, 0.2) is 12.1 Å². The summed E-state index contributed by atoms with van der Waals surface area (Å²) in [5.41, 5.74) is 4.67. The summed E-state index contributed by atoms with van der Waals surface area (Å²) in [4.78, 5) is 13.8. The normalized spacial score (nSPS) is 19.3. The fourth-order valence-electron chi connectivity index (χ4n) is 3.10. The van der Waals surface area contributed by atoms with E-state index in [1.54, 1.807) is 4.90 Å². The lowest BCUT2D eigenvalue weighted by atomic mass is 9.99. The predicted octanol–water partition coefficient (Wildman–Crippen LogP) is 1.25. The zero-order valence-corrected chi connectivity index (χ0v) is 13.5. The molecule has 2 N–H and O–H groups in total. The van der Waals surface area contributed by atoms with Gasteiger partial charge in [-0.1, -0.05) is 17.7 Å². The van der Waals surface area contributed by atoms with Crippen molar-refractivity contribution in [3.8, 4) is 0 Å². The minimum Gasteiger partial charge on any atom is -0.338 e. The van der Waals surface area contributed by atoms with Crippen LogP contribution in [0.5, 0.6) is 0 Å². The summed E-state index contributed by atoms with van der Waals surface area (Å²) in [7, 11) is -3.53. The van der Waals surface area contributed by atoms with Crippen LogP contribution >= 0.6 is 0 Å². The molecule has 21 heavy (non-hydrogen) atoms. The average molecular weight is 310 g/mol. The van der Waals surface area contributed by atoms with Crippen molar-refractivity contribution in [1.82, 2.24) is 4.90 Å². The lowest BCUT2D eigenvalue weighted by Crippen LogP contribution is -2.28. The van der Waals surface area contributed by atoms with Crippen LogP contribution < -0.4 is 5.14 Å². The first-order chi connectivity index (χ1) is 9.65. The first-order valence-electron chi connectivity index (χ1n) is 7.00. The van der Waals surface area contributed by atoms with Gasteiger partial charge >= 0.3 is 0 Å². The summed E-state index contributed by atoms with van der Waals surface area (Å²) < 4.78 is 22.3. The minimum absolute atomic E-state index is 0.00280. The van der Waals surface area contributed by atoms with Crippen LogP contribution in [0.25, 0.3) is 0 Å². The molecule has 1 aromatic rings. The summed E-state index contributed by atoms with van der Waals surface area (Å²) in [6, 6.07) is 4.20. The van der Waals surface area contributed by atoms with E-state index in [-0.39, 0.29) is 24.0 Å². The third-order valence-electron chi connectivity index (χ3n) is 3.95. The van der Waals surface area contributed by atoms with Crippen molar-refractivity contribution in [3.05, 3.63) is 34.4 Å². The zero-order chi connectivity index (χ0) is 15.8. The molecule has 116 valence electrons. The molecule has 0 aromatic heterocycles. The Labute approximate surface area is 126 Å². The highest BCUT2D eigenvalue weighted by molar-refractivity contribution is 7.89. The lowest BCUT2D eigenvalue weighted by Gasteiger charge is -2.20. The topological polar surface area (TPSA) is 80.5 Å². The molecule has 1 heterocycles. The summed E-state index contributed by atoms with van der Waals surface area (Å²) in [6.45, 7) is 7.13. The largest absolute Gasteiger partial charge is 0.338 e. The maximum atomic E-state index is 12.1. The third-order valence-corrected chi connectivity index (χ3v) is 4.89. The van der Waals surface area contributed by atoms with Crippen molar-refractivity contribution in [2.45, 2.75) is 33.7 Å². The van der Waals surface area contributed by atoms with Gasteiger partial charge in [-0.15, -0.1) is 0 Å². The summed E-state index contributed by atoms with van der Waals surface area (Å²) in [6.07, 6.45) is 0.264. The molecule has 1 atom stereocenters. The fourth-order valence-corrected chi connectivity index (χ4v) is 3.98. The quantitative estimate of drug-likeness (QED) is 0.909. The summed E-state index contributed by atoms with van der Waals surface area (Å²) in [5, 5.41) is 5.07. The van der Waals surface area contributed by atoms with Gasteiger partial charge in [0, 0.05) is 25.4 Å². The van der Waals surface area contributed by atoms with E-state index >= 15 is 0 Å². The maximum Gasteiger partial charge on any atom is 0.223 e. The van der Waals surface area contributed by atoms with Gasteiger partial charge in [-0.2, -0.15) is 0 Å². The molecule has 0 spiro atoms. The number of primary sulfonamides is 1. The predicted molar refractivity (Wildman–Crippen MR) is 82.2 cm³/mol. The van der Waals surface area contributed by atoms with E-state index in [1.807, 2.05) is 20.8 Å². The Hall–Kier alpha value is -1.40. The number of rotatable bonds is 4. The van der Waals surface area contributed by atoms with Crippen LogP contribution in [0.1, 0.15) is 28.7 Å². The molecule has 0 radical (unpaired) electrons. The highest BCUT2D eigenvalue weighted by Gasteiger charge is 2.32. The van der Waals surface area contributed by atoms with Crippen molar-refractivity contribution in [3.63, 3.8) is 0 Å². The second-order valence-corrected chi connectivity index (χ2v) is 7.71. The van der Waals surface area contributed by atoms with Gasteiger partial charge in [0.1, 0.15) is 0 Å². The van der Waals surface area contributed by atoms with Gasteiger partial charge in [-0.05, 0) is 37.5 Å². The first kappa shape index (κ1) is 16.0. The number of sulfonamides is 1. The highest BCUT2D eigenvalue weighted by atomic mass is 32.2. The van der Waals surface area contributed by atoms with Crippen LogP contribution in [0.4, 0.5) is 0 Å². The molecule has 1 aliphatic heterocycles. The monoisotopic (exact) mass is 310 g/mol. The molecule has 1 amide bonds. The Morgan fingerprint density at radius 1 is 1.24 bits per heavy atom. The Bertz CT molecular complexity index is 644. The number of carbonyl (C=O) groups is 1. The van der Waals surface area contributed by atoms with E-state index in [4.69, 9.17) is 5.14 Å². The second-order valence-electron chi connectivity index (χ2n) is 6.05. The highest BCUT2D eigenvalue weighted by Crippen LogP contribution is 2.24. The van der Waals surface area contributed by atoms with Gasteiger partial charge in [-0.25, -0.2) is 13.6 Å². The SMILES string of the molecule is Cc1cc(C)c(CN2CC(CS(N)(=O)=O)CC2=O)c(C)c1.